The molecule has 4 radical (unpaired) electrons. The fourth-order valence-corrected chi connectivity index (χ4v) is 1.94. The molecule has 0 aliphatic carbocycles. The zero-order valence-electron chi connectivity index (χ0n) is 7.28. The van der Waals surface area contributed by atoms with Crippen LogP contribution in [0.25, 0.3) is 0 Å². The quantitative estimate of drug-likeness (QED) is 0.677. The summed E-state index contributed by atoms with van der Waals surface area (Å²) in [6.07, 6.45) is 0. The Morgan fingerprint density at radius 3 is 1.71 bits per heavy atom. The monoisotopic (exact) mass is 198 g/mol. The van der Waals surface area contributed by atoms with Crippen molar-refractivity contribution in [1.82, 2.24) is 0 Å². The summed E-state index contributed by atoms with van der Waals surface area (Å²) in [5.41, 5.74) is 0. The van der Waals surface area contributed by atoms with Crippen LogP contribution in [0.2, 0.25) is 0 Å². The molecule has 0 amide bonds. The van der Waals surface area contributed by atoms with Crippen LogP contribution in [0.1, 0.15) is 0 Å². The van der Waals surface area contributed by atoms with Gasteiger partial charge in [-0.05, 0) is 24.3 Å². The average Bonchev–Trinajstić information content (AvgIpc) is 2.30. The van der Waals surface area contributed by atoms with Crippen molar-refractivity contribution in [1.29, 1.82) is 0 Å². The minimum Gasteiger partial charge on any atom is -0.606 e. The molecule has 2 aromatic carbocycles. The fourth-order valence-electron chi connectivity index (χ4n) is 1.01. The molecule has 0 aliphatic rings. The minimum atomic E-state index is -1.22. The number of benzene rings is 2. The van der Waals surface area contributed by atoms with E-state index in [4.69, 9.17) is 0 Å². The Morgan fingerprint density at radius 2 is 1.36 bits per heavy atom. The van der Waals surface area contributed by atoms with Crippen LogP contribution in [0.4, 0.5) is 0 Å². The Hall–Kier alpha value is -1.25. The summed E-state index contributed by atoms with van der Waals surface area (Å²) in [4.78, 5) is 1.23. The Morgan fingerprint density at radius 1 is 0.857 bits per heavy atom. The van der Waals surface area contributed by atoms with E-state index in [2.05, 4.69) is 24.3 Å². The Kier molecular flexibility index (Phi) is 2.87. The molecule has 0 saturated heterocycles. The summed E-state index contributed by atoms with van der Waals surface area (Å²) in [6, 6.07) is 21.7. The van der Waals surface area contributed by atoms with Gasteiger partial charge in [0.05, 0.1) is 0 Å². The molecular weight excluding hydrogens is 192 g/mol. The SMILES string of the molecule is [O-][S+](c1[c]cc[c]c1)c1[c]cc[c]c1. The van der Waals surface area contributed by atoms with Crippen LogP contribution in [0, 0.1) is 24.3 Å². The zero-order valence-corrected chi connectivity index (χ0v) is 8.10. The van der Waals surface area contributed by atoms with Crippen molar-refractivity contribution in [3.05, 3.63) is 60.7 Å². The maximum Gasteiger partial charge on any atom is 0.167 e. The van der Waals surface area contributed by atoms with Crippen LogP contribution in [0.3, 0.4) is 0 Å². The first kappa shape index (κ1) is 9.31. The van der Waals surface area contributed by atoms with Crippen LogP contribution in [0.15, 0.2) is 46.2 Å². The molecule has 2 aromatic rings. The van der Waals surface area contributed by atoms with Crippen LogP contribution in [-0.2, 0) is 11.2 Å². The lowest BCUT2D eigenvalue weighted by Crippen LogP contribution is -2.01. The average molecular weight is 198 g/mol. The minimum absolute atomic E-state index is 0.614. The van der Waals surface area contributed by atoms with E-state index in [0.717, 1.165) is 0 Å². The summed E-state index contributed by atoms with van der Waals surface area (Å²) >= 11 is -1.22. The second-order valence-electron chi connectivity index (χ2n) is 2.57. The van der Waals surface area contributed by atoms with Crippen molar-refractivity contribution >= 4 is 11.2 Å². The van der Waals surface area contributed by atoms with Gasteiger partial charge in [-0.1, -0.05) is 12.1 Å². The molecule has 0 atom stereocenters. The molecule has 0 unspecified atom stereocenters. The van der Waals surface area contributed by atoms with Gasteiger partial charge in [0, 0.05) is 35.4 Å². The maximum absolute atomic E-state index is 11.9. The van der Waals surface area contributed by atoms with Crippen molar-refractivity contribution in [3.8, 4) is 0 Å². The van der Waals surface area contributed by atoms with Gasteiger partial charge in [-0.3, -0.25) is 0 Å². The fraction of sp³-hybridized carbons (Fsp3) is 0. The van der Waals surface area contributed by atoms with Crippen LogP contribution in [0.5, 0.6) is 0 Å². The van der Waals surface area contributed by atoms with Crippen LogP contribution in [-0.4, -0.2) is 4.55 Å². The highest BCUT2D eigenvalue weighted by molar-refractivity contribution is 7.91. The third-order valence-corrected chi connectivity index (χ3v) is 2.91. The number of hydrogen-bond acceptors (Lipinski definition) is 1. The van der Waals surface area contributed by atoms with Gasteiger partial charge in [0.25, 0.3) is 0 Å². The van der Waals surface area contributed by atoms with E-state index in [1.807, 2.05) is 0 Å². The third kappa shape index (κ3) is 1.97. The highest BCUT2D eigenvalue weighted by Crippen LogP contribution is 2.18. The standard InChI is InChI=1S/C12H6OS/c13-14(11-7-3-1-4-8-11)12-9-5-2-6-10-12/h1-3,5,8,10H. The molecule has 0 heterocycles. The lowest BCUT2D eigenvalue weighted by Gasteiger charge is -2.07. The van der Waals surface area contributed by atoms with Crippen molar-refractivity contribution < 1.29 is 4.55 Å². The van der Waals surface area contributed by atoms with Gasteiger partial charge in [0.2, 0.25) is 0 Å². The van der Waals surface area contributed by atoms with Crippen molar-refractivity contribution in [2.45, 2.75) is 9.79 Å². The van der Waals surface area contributed by atoms with E-state index >= 15 is 0 Å². The molecule has 0 N–H and O–H groups in total. The van der Waals surface area contributed by atoms with E-state index in [1.54, 1.807) is 36.4 Å². The molecule has 2 rings (SSSR count). The molecule has 66 valence electrons. The van der Waals surface area contributed by atoms with E-state index in [9.17, 15) is 4.55 Å². The van der Waals surface area contributed by atoms with Gasteiger partial charge in [0.15, 0.2) is 9.79 Å². The molecule has 0 aromatic heterocycles. The topological polar surface area (TPSA) is 23.1 Å². The van der Waals surface area contributed by atoms with Crippen LogP contribution >= 0.6 is 0 Å². The molecule has 0 fully saturated rings. The second-order valence-corrected chi connectivity index (χ2v) is 3.99. The lowest BCUT2D eigenvalue weighted by molar-refractivity contribution is 0.594. The highest BCUT2D eigenvalue weighted by atomic mass is 32.2. The molecule has 1 nitrogen and oxygen atoms in total. The molecule has 0 bridgehead atoms. The van der Waals surface area contributed by atoms with Crippen molar-refractivity contribution in [3.63, 3.8) is 0 Å². The summed E-state index contributed by atoms with van der Waals surface area (Å²) < 4.78 is 11.9. The highest BCUT2D eigenvalue weighted by Gasteiger charge is 2.13. The van der Waals surface area contributed by atoms with Gasteiger partial charge in [-0.2, -0.15) is 0 Å². The molecule has 0 aliphatic heterocycles. The van der Waals surface area contributed by atoms with Crippen molar-refractivity contribution in [2.24, 2.45) is 0 Å². The molecule has 14 heavy (non-hydrogen) atoms. The largest absolute Gasteiger partial charge is 0.606 e. The van der Waals surface area contributed by atoms with E-state index in [0.29, 0.717) is 9.79 Å². The normalized spacial score (nSPS) is 10.4. The summed E-state index contributed by atoms with van der Waals surface area (Å²) in [5, 5.41) is 0. The number of hydrogen-bond donors (Lipinski definition) is 0. The smallest absolute Gasteiger partial charge is 0.167 e. The molecule has 0 saturated carbocycles. The van der Waals surface area contributed by atoms with Gasteiger partial charge < -0.3 is 4.55 Å². The Bertz CT molecular complexity index is 346. The second kappa shape index (κ2) is 4.31. The first-order valence-corrected chi connectivity index (χ1v) is 5.20. The molecule has 0 spiro atoms. The summed E-state index contributed by atoms with van der Waals surface area (Å²) in [6.45, 7) is 0. The first-order chi connectivity index (χ1) is 6.88. The predicted octanol–water partition coefficient (Wildman–Crippen LogP) is 2.05. The maximum atomic E-state index is 11.9. The van der Waals surface area contributed by atoms with Crippen LogP contribution < -0.4 is 0 Å². The first-order valence-electron chi connectivity index (χ1n) is 4.05. The van der Waals surface area contributed by atoms with Gasteiger partial charge in [0.1, 0.15) is 0 Å². The van der Waals surface area contributed by atoms with Gasteiger partial charge in [-0.25, -0.2) is 0 Å². The predicted molar refractivity (Wildman–Crippen MR) is 52.9 cm³/mol. The van der Waals surface area contributed by atoms with E-state index in [1.165, 1.54) is 0 Å². The summed E-state index contributed by atoms with van der Waals surface area (Å²) in [7, 11) is 0. The zero-order chi connectivity index (χ0) is 9.80. The Labute approximate surface area is 86.6 Å². The van der Waals surface area contributed by atoms with Gasteiger partial charge in [-0.15, -0.1) is 0 Å². The Balaban J connectivity index is 2.30. The van der Waals surface area contributed by atoms with Crippen molar-refractivity contribution in [2.75, 3.05) is 0 Å². The van der Waals surface area contributed by atoms with E-state index < -0.39 is 11.2 Å². The molecule has 2 heteroatoms. The van der Waals surface area contributed by atoms with Gasteiger partial charge >= 0.3 is 0 Å². The molecular formula is C12H6OS. The third-order valence-electron chi connectivity index (χ3n) is 1.64. The van der Waals surface area contributed by atoms with E-state index in [-0.39, 0.29) is 0 Å². The number of rotatable bonds is 2. The lowest BCUT2D eigenvalue weighted by atomic mass is 10.4. The summed E-state index contributed by atoms with van der Waals surface area (Å²) in [5.74, 6) is 0.